The molecule has 1 aromatic carbocycles. The number of nitriles is 1. The van der Waals surface area contributed by atoms with Gasteiger partial charge in [-0.3, -0.25) is 0 Å². The van der Waals surface area contributed by atoms with Gasteiger partial charge in [0.2, 0.25) is 0 Å². The van der Waals surface area contributed by atoms with Crippen molar-refractivity contribution in [2.24, 2.45) is 0 Å². The lowest BCUT2D eigenvalue weighted by molar-refractivity contribution is 0.0216. The zero-order chi connectivity index (χ0) is 22.3. The highest BCUT2D eigenvalue weighted by Crippen LogP contribution is 2.39. The normalized spacial score (nSPS) is 17.1. The van der Waals surface area contributed by atoms with Gasteiger partial charge in [-0.25, -0.2) is 9.78 Å². The van der Waals surface area contributed by atoms with Crippen LogP contribution < -0.4 is 4.90 Å². The fourth-order valence-electron chi connectivity index (χ4n) is 3.54. The topological polar surface area (TPSA) is 95.5 Å². The van der Waals surface area contributed by atoms with E-state index in [1.807, 2.05) is 38.0 Å². The summed E-state index contributed by atoms with van der Waals surface area (Å²) in [4.78, 5) is 25.1. The summed E-state index contributed by atoms with van der Waals surface area (Å²) in [5.41, 5.74) is 1.37. The Bertz CT molecular complexity index is 1160. The van der Waals surface area contributed by atoms with Gasteiger partial charge >= 0.3 is 6.09 Å². The van der Waals surface area contributed by atoms with E-state index in [4.69, 9.17) is 20.8 Å². The molecular weight excluding hydrogens is 438 g/mol. The Kier molecular flexibility index (Phi) is 5.54. The lowest BCUT2D eigenvalue weighted by atomic mass is 10.1. The van der Waals surface area contributed by atoms with Crippen LogP contribution in [0.1, 0.15) is 33.3 Å². The second kappa shape index (κ2) is 8.02. The van der Waals surface area contributed by atoms with Crippen LogP contribution in [0.15, 0.2) is 22.1 Å². The summed E-state index contributed by atoms with van der Waals surface area (Å²) < 4.78 is 11.6. The first kappa shape index (κ1) is 21.4. The van der Waals surface area contributed by atoms with Gasteiger partial charge in [0.05, 0.1) is 16.1 Å². The van der Waals surface area contributed by atoms with Crippen LogP contribution in [-0.2, 0) is 4.74 Å². The highest BCUT2D eigenvalue weighted by atomic mass is 35.5. The van der Waals surface area contributed by atoms with Gasteiger partial charge in [-0.2, -0.15) is 10.2 Å². The molecule has 0 aliphatic carbocycles. The average Bonchev–Trinajstić information content (AvgIpc) is 3.35. The highest BCUT2D eigenvalue weighted by Gasteiger charge is 2.32. The number of carbonyl (C=O) groups excluding carboxylic acids is 1. The first-order valence-corrected chi connectivity index (χ1v) is 11.1. The van der Waals surface area contributed by atoms with Crippen molar-refractivity contribution in [1.29, 1.82) is 5.26 Å². The van der Waals surface area contributed by atoms with Gasteiger partial charge in [0.25, 0.3) is 6.01 Å². The van der Waals surface area contributed by atoms with Crippen LogP contribution in [0.25, 0.3) is 21.7 Å². The maximum absolute atomic E-state index is 12.4. The van der Waals surface area contributed by atoms with Gasteiger partial charge < -0.3 is 19.0 Å². The molecule has 3 aromatic rings. The van der Waals surface area contributed by atoms with Crippen molar-refractivity contribution in [2.45, 2.75) is 39.3 Å². The quantitative estimate of drug-likeness (QED) is 0.536. The number of hydrogen-bond acceptors (Lipinski definition) is 8. The van der Waals surface area contributed by atoms with Gasteiger partial charge in [-0.05, 0) is 33.8 Å². The summed E-state index contributed by atoms with van der Waals surface area (Å²) in [6, 6.07) is 4.18. The zero-order valence-corrected chi connectivity index (χ0v) is 19.3. The highest BCUT2D eigenvalue weighted by molar-refractivity contribution is 7.13. The average molecular weight is 460 g/mol. The lowest BCUT2D eigenvalue weighted by Crippen LogP contribution is -2.54. The number of oxazole rings is 1. The Hall–Kier alpha value is -2.83. The molecule has 1 unspecified atom stereocenters. The molecule has 2 aromatic heterocycles. The van der Waals surface area contributed by atoms with E-state index in [0.717, 1.165) is 0 Å². The first-order chi connectivity index (χ1) is 14.7. The molecular formula is C21H22ClN5O3S. The molecule has 1 aliphatic heterocycles. The van der Waals surface area contributed by atoms with Gasteiger partial charge in [0, 0.05) is 37.3 Å². The predicted molar refractivity (Wildman–Crippen MR) is 119 cm³/mol. The molecule has 8 nitrogen and oxygen atoms in total. The summed E-state index contributed by atoms with van der Waals surface area (Å²) in [5.74, 6) is 0. The summed E-state index contributed by atoms with van der Waals surface area (Å²) in [6.45, 7) is 9.06. The molecule has 1 atom stereocenters. The number of piperazine rings is 1. The van der Waals surface area contributed by atoms with E-state index in [1.54, 1.807) is 17.2 Å². The number of halogens is 1. The molecule has 31 heavy (non-hydrogen) atoms. The molecule has 162 valence electrons. The molecule has 3 heterocycles. The second-order valence-corrected chi connectivity index (χ2v) is 9.67. The van der Waals surface area contributed by atoms with E-state index < -0.39 is 5.60 Å². The SMILES string of the molecule is CC1CN(C(=O)OC(C)(C)C)CCN1c1nc2cc(Cl)c(C#N)c(-c3nccs3)c2o1. The Morgan fingerprint density at radius 3 is 2.81 bits per heavy atom. The maximum Gasteiger partial charge on any atom is 0.410 e. The van der Waals surface area contributed by atoms with Crippen molar-refractivity contribution in [2.75, 3.05) is 24.5 Å². The van der Waals surface area contributed by atoms with Crippen LogP contribution in [0.3, 0.4) is 0 Å². The Morgan fingerprint density at radius 1 is 1.42 bits per heavy atom. The maximum atomic E-state index is 12.4. The third kappa shape index (κ3) is 4.18. The number of hydrogen-bond donors (Lipinski definition) is 0. The molecule has 4 rings (SSSR count). The summed E-state index contributed by atoms with van der Waals surface area (Å²) in [7, 11) is 0. The van der Waals surface area contributed by atoms with Crippen LogP contribution in [-0.4, -0.2) is 52.2 Å². The van der Waals surface area contributed by atoms with Crippen molar-refractivity contribution in [3.8, 4) is 16.6 Å². The molecule has 1 fully saturated rings. The number of anilines is 1. The van der Waals surface area contributed by atoms with Crippen LogP contribution in [0, 0.1) is 11.3 Å². The number of ether oxygens (including phenoxy) is 1. The third-order valence-corrected chi connectivity index (χ3v) is 5.99. The monoisotopic (exact) mass is 459 g/mol. The van der Waals surface area contributed by atoms with Crippen LogP contribution in [0.5, 0.6) is 0 Å². The van der Waals surface area contributed by atoms with Crippen molar-refractivity contribution in [1.82, 2.24) is 14.9 Å². The number of benzene rings is 1. The number of amides is 1. The van der Waals surface area contributed by atoms with E-state index in [-0.39, 0.29) is 12.1 Å². The molecule has 10 heteroatoms. The van der Waals surface area contributed by atoms with Crippen LogP contribution in [0.2, 0.25) is 5.02 Å². The zero-order valence-electron chi connectivity index (χ0n) is 17.7. The Balaban J connectivity index is 1.65. The summed E-state index contributed by atoms with van der Waals surface area (Å²) in [6.07, 6.45) is 1.34. The molecule has 0 saturated carbocycles. The van der Waals surface area contributed by atoms with E-state index in [0.29, 0.717) is 57.9 Å². The number of fused-ring (bicyclic) bond motifs is 1. The molecule has 0 bridgehead atoms. The standard InChI is InChI=1S/C21H22ClN5O3S/c1-12-11-26(20(28)30-21(2,3)4)6-7-27(12)19-25-15-9-14(22)13(10-23)16(17(15)29-19)18-24-5-8-31-18/h5,8-9,12H,6-7,11H2,1-4H3. The Morgan fingerprint density at radius 2 is 2.19 bits per heavy atom. The minimum absolute atomic E-state index is 0.0384. The largest absolute Gasteiger partial charge is 0.444 e. The van der Waals surface area contributed by atoms with Crippen molar-refractivity contribution in [3.63, 3.8) is 0 Å². The molecule has 0 radical (unpaired) electrons. The van der Waals surface area contributed by atoms with Crippen LogP contribution in [0.4, 0.5) is 10.8 Å². The van der Waals surface area contributed by atoms with Crippen molar-refractivity contribution < 1.29 is 13.9 Å². The van der Waals surface area contributed by atoms with Gasteiger partial charge in [0.1, 0.15) is 22.2 Å². The molecule has 0 N–H and O–H groups in total. The van der Waals surface area contributed by atoms with Gasteiger partial charge in [-0.15, -0.1) is 11.3 Å². The van der Waals surface area contributed by atoms with E-state index >= 15 is 0 Å². The Labute approximate surface area is 189 Å². The lowest BCUT2D eigenvalue weighted by Gasteiger charge is -2.39. The fraction of sp³-hybridized carbons (Fsp3) is 0.429. The molecule has 0 spiro atoms. The summed E-state index contributed by atoms with van der Waals surface area (Å²) >= 11 is 7.76. The molecule has 1 amide bonds. The first-order valence-electron chi connectivity index (χ1n) is 9.85. The predicted octanol–water partition coefficient (Wildman–Crippen LogP) is 4.92. The fourth-order valence-corrected chi connectivity index (χ4v) is 4.46. The van der Waals surface area contributed by atoms with E-state index in [1.165, 1.54) is 11.3 Å². The minimum atomic E-state index is -0.540. The number of rotatable bonds is 2. The smallest absolute Gasteiger partial charge is 0.410 e. The van der Waals surface area contributed by atoms with Crippen LogP contribution >= 0.6 is 22.9 Å². The van der Waals surface area contributed by atoms with E-state index in [2.05, 4.69) is 16.0 Å². The van der Waals surface area contributed by atoms with Gasteiger partial charge in [0.15, 0.2) is 5.58 Å². The van der Waals surface area contributed by atoms with Crippen molar-refractivity contribution in [3.05, 3.63) is 28.2 Å². The number of nitrogens with zero attached hydrogens (tertiary/aromatic N) is 5. The number of carbonyl (C=O) groups is 1. The number of aromatic nitrogens is 2. The van der Waals surface area contributed by atoms with Crippen molar-refractivity contribution >= 4 is 46.1 Å². The molecule has 1 aliphatic rings. The summed E-state index contributed by atoms with van der Waals surface area (Å²) in [5, 5.41) is 12.4. The van der Waals surface area contributed by atoms with Gasteiger partial charge in [-0.1, -0.05) is 11.6 Å². The van der Waals surface area contributed by atoms with E-state index in [9.17, 15) is 10.1 Å². The number of thiazole rings is 1. The second-order valence-electron chi connectivity index (χ2n) is 8.37. The molecule has 1 saturated heterocycles. The third-order valence-electron chi connectivity index (χ3n) is 4.90. The minimum Gasteiger partial charge on any atom is -0.444 e.